The number of fused-ring (bicyclic) bond motifs is 1. The molecule has 1 atom stereocenters. The first kappa shape index (κ1) is 12.6. The Hall–Kier alpha value is -1.40. The van der Waals surface area contributed by atoms with Crippen LogP contribution in [0, 0.1) is 5.82 Å². The van der Waals surface area contributed by atoms with E-state index in [1.807, 2.05) is 13.8 Å². The molecule has 4 nitrogen and oxygen atoms in total. The first-order valence-electron chi connectivity index (χ1n) is 5.96. The maximum atomic E-state index is 13.3. The quantitative estimate of drug-likeness (QED) is 0.915. The van der Waals surface area contributed by atoms with Crippen molar-refractivity contribution in [3.63, 3.8) is 0 Å². The first-order valence-corrected chi connectivity index (χ1v) is 6.78. The van der Waals surface area contributed by atoms with Gasteiger partial charge in [0.15, 0.2) is 0 Å². The zero-order valence-corrected chi connectivity index (χ0v) is 11.5. The van der Waals surface area contributed by atoms with E-state index in [1.165, 1.54) is 30.2 Å². The number of aliphatic hydroxyl groups is 1. The summed E-state index contributed by atoms with van der Waals surface area (Å²) in [6.07, 6.45) is 3.00. The molecular weight excluding hydrogens is 265 g/mol. The van der Waals surface area contributed by atoms with Gasteiger partial charge in [0.1, 0.15) is 24.1 Å². The molecule has 0 bridgehead atoms. The van der Waals surface area contributed by atoms with Gasteiger partial charge in [0.05, 0.1) is 6.54 Å². The number of benzene rings is 1. The van der Waals surface area contributed by atoms with Crippen molar-refractivity contribution in [2.75, 3.05) is 0 Å². The van der Waals surface area contributed by atoms with Crippen LogP contribution in [-0.2, 0) is 12.1 Å². The molecule has 19 heavy (non-hydrogen) atoms. The minimum atomic E-state index is -1.10. The molecule has 1 aromatic heterocycles. The number of thioether (sulfide) groups is 1. The molecule has 0 radical (unpaired) electrons. The number of halogens is 1. The van der Waals surface area contributed by atoms with Crippen molar-refractivity contribution in [1.82, 2.24) is 14.8 Å². The molecule has 1 aromatic carbocycles. The Morgan fingerprint density at radius 1 is 1.42 bits per heavy atom. The molecule has 0 fully saturated rings. The lowest BCUT2D eigenvalue weighted by Gasteiger charge is -2.36. The van der Waals surface area contributed by atoms with E-state index < -0.39 is 10.3 Å². The molecule has 1 aliphatic rings. The van der Waals surface area contributed by atoms with E-state index in [0.717, 1.165) is 10.5 Å². The van der Waals surface area contributed by atoms with E-state index in [0.29, 0.717) is 6.54 Å². The minimum absolute atomic E-state index is 0.285. The van der Waals surface area contributed by atoms with Gasteiger partial charge in [-0.1, -0.05) is 6.07 Å². The van der Waals surface area contributed by atoms with Gasteiger partial charge < -0.3 is 5.11 Å². The van der Waals surface area contributed by atoms with Crippen molar-refractivity contribution in [1.29, 1.82) is 0 Å². The highest BCUT2D eigenvalue weighted by Gasteiger charge is 2.52. The van der Waals surface area contributed by atoms with Crippen LogP contribution < -0.4 is 0 Å². The fraction of sp³-hybridized carbons (Fsp3) is 0.385. The van der Waals surface area contributed by atoms with Crippen molar-refractivity contribution in [3.05, 3.63) is 42.2 Å². The van der Waals surface area contributed by atoms with E-state index in [9.17, 15) is 9.50 Å². The summed E-state index contributed by atoms with van der Waals surface area (Å²) in [4.78, 5) is 4.67. The van der Waals surface area contributed by atoms with Crippen LogP contribution in [0.5, 0.6) is 0 Å². The number of hydrogen-bond acceptors (Lipinski definition) is 4. The van der Waals surface area contributed by atoms with Crippen LogP contribution in [0.15, 0.2) is 35.7 Å². The zero-order valence-electron chi connectivity index (χ0n) is 10.7. The lowest BCUT2D eigenvalue weighted by molar-refractivity contribution is -0.0112. The molecule has 2 heterocycles. The molecule has 0 spiro atoms. The van der Waals surface area contributed by atoms with Gasteiger partial charge in [0.2, 0.25) is 0 Å². The standard InChI is InChI=1S/C13H14FN3OS/c1-12(2)13(18,6-17-8-15-7-16-17)10-4-3-9(14)5-11(10)19-12/h3-5,7-8,18H,6H2,1-2H3. The number of nitrogens with zero attached hydrogens (tertiary/aromatic N) is 3. The molecule has 6 heteroatoms. The van der Waals surface area contributed by atoms with Crippen LogP contribution >= 0.6 is 11.8 Å². The summed E-state index contributed by atoms with van der Waals surface area (Å²) in [7, 11) is 0. The third-order valence-electron chi connectivity index (χ3n) is 3.61. The van der Waals surface area contributed by atoms with E-state index in [4.69, 9.17) is 0 Å². The number of aromatic nitrogens is 3. The van der Waals surface area contributed by atoms with E-state index in [1.54, 1.807) is 17.1 Å². The lowest BCUT2D eigenvalue weighted by Crippen LogP contribution is -2.45. The second-order valence-corrected chi connectivity index (χ2v) is 6.87. The minimum Gasteiger partial charge on any atom is -0.382 e. The van der Waals surface area contributed by atoms with Gasteiger partial charge in [-0.3, -0.25) is 0 Å². The molecule has 0 aliphatic carbocycles. The first-order chi connectivity index (χ1) is 8.92. The van der Waals surface area contributed by atoms with Crippen LogP contribution in [0.3, 0.4) is 0 Å². The van der Waals surface area contributed by atoms with Crippen LogP contribution in [0.2, 0.25) is 0 Å². The highest BCUT2D eigenvalue weighted by Crippen LogP contribution is 2.55. The maximum absolute atomic E-state index is 13.3. The summed E-state index contributed by atoms with van der Waals surface area (Å²) in [6, 6.07) is 4.51. The molecule has 0 amide bonds. The van der Waals surface area contributed by atoms with Crippen LogP contribution in [0.4, 0.5) is 4.39 Å². The molecule has 1 aliphatic heterocycles. The van der Waals surface area contributed by atoms with Gasteiger partial charge in [-0.05, 0) is 26.0 Å². The van der Waals surface area contributed by atoms with E-state index in [2.05, 4.69) is 10.1 Å². The maximum Gasteiger partial charge on any atom is 0.137 e. The predicted octanol–water partition coefficient (Wildman–Crippen LogP) is 2.19. The van der Waals surface area contributed by atoms with Crippen molar-refractivity contribution in [2.24, 2.45) is 0 Å². The second-order valence-electron chi connectivity index (χ2n) is 5.21. The normalized spacial score (nSPS) is 24.4. The molecule has 2 aromatic rings. The highest BCUT2D eigenvalue weighted by molar-refractivity contribution is 8.01. The Bertz CT molecular complexity index is 614. The van der Waals surface area contributed by atoms with Crippen molar-refractivity contribution < 1.29 is 9.50 Å². The topological polar surface area (TPSA) is 50.9 Å². The molecular formula is C13H14FN3OS. The summed E-state index contributed by atoms with van der Waals surface area (Å²) >= 11 is 1.48. The number of rotatable bonds is 2. The fourth-order valence-electron chi connectivity index (χ4n) is 2.43. The molecule has 1 unspecified atom stereocenters. The average molecular weight is 279 g/mol. The second kappa shape index (κ2) is 4.05. The summed E-state index contributed by atoms with van der Waals surface area (Å²) < 4.78 is 14.5. The Balaban J connectivity index is 2.08. The van der Waals surface area contributed by atoms with Gasteiger partial charge in [-0.2, -0.15) is 5.10 Å². The average Bonchev–Trinajstić information content (AvgIpc) is 2.86. The van der Waals surface area contributed by atoms with Crippen molar-refractivity contribution in [2.45, 2.75) is 35.6 Å². The number of hydrogen-bond donors (Lipinski definition) is 1. The van der Waals surface area contributed by atoms with E-state index in [-0.39, 0.29) is 5.82 Å². The Kier molecular flexibility index (Phi) is 2.69. The molecule has 100 valence electrons. The zero-order chi connectivity index (χ0) is 13.7. The Morgan fingerprint density at radius 2 is 2.21 bits per heavy atom. The third-order valence-corrected chi connectivity index (χ3v) is 5.01. The fourth-order valence-corrected chi connectivity index (χ4v) is 3.84. The third kappa shape index (κ3) is 1.86. The van der Waals surface area contributed by atoms with Crippen molar-refractivity contribution >= 4 is 11.8 Å². The summed E-state index contributed by atoms with van der Waals surface area (Å²) in [5.74, 6) is -0.285. The summed E-state index contributed by atoms with van der Waals surface area (Å²) in [6.45, 7) is 4.20. The summed E-state index contributed by atoms with van der Waals surface area (Å²) in [5, 5.41) is 15.1. The molecule has 0 saturated carbocycles. The molecule has 1 N–H and O–H groups in total. The predicted molar refractivity (Wildman–Crippen MR) is 70.3 cm³/mol. The Labute approximate surface area is 114 Å². The van der Waals surface area contributed by atoms with Crippen LogP contribution in [0.25, 0.3) is 0 Å². The van der Waals surface area contributed by atoms with Gasteiger partial charge >= 0.3 is 0 Å². The van der Waals surface area contributed by atoms with Gasteiger partial charge in [-0.15, -0.1) is 11.8 Å². The van der Waals surface area contributed by atoms with Gasteiger partial charge in [0, 0.05) is 15.2 Å². The molecule has 0 saturated heterocycles. The van der Waals surface area contributed by atoms with Gasteiger partial charge in [-0.25, -0.2) is 14.1 Å². The summed E-state index contributed by atoms with van der Waals surface area (Å²) in [5.41, 5.74) is -0.353. The smallest absolute Gasteiger partial charge is 0.137 e. The van der Waals surface area contributed by atoms with Gasteiger partial charge in [0.25, 0.3) is 0 Å². The monoisotopic (exact) mass is 279 g/mol. The molecule has 3 rings (SSSR count). The van der Waals surface area contributed by atoms with E-state index >= 15 is 0 Å². The van der Waals surface area contributed by atoms with Crippen LogP contribution in [-0.4, -0.2) is 24.6 Å². The Morgan fingerprint density at radius 3 is 2.89 bits per heavy atom. The lowest BCUT2D eigenvalue weighted by atomic mass is 9.83. The SMILES string of the molecule is CC1(C)Sc2cc(F)ccc2C1(O)Cn1cncn1. The van der Waals surface area contributed by atoms with Crippen molar-refractivity contribution in [3.8, 4) is 0 Å². The largest absolute Gasteiger partial charge is 0.382 e. The van der Waals surface area contributed by atoms with Crippen LogP contribution in [0.1, 0.15) is 19.4 Å². The highest BCUT2D eigenvalue weighted by atomic mass is 32.2.